The third kappa shape index (κ3) is 3.31. The normalized spacial score (nSPS) is 12.8. The molecule has 0 aliphatic heterocycles. The Morgan fingerprint density at radius 3 is 2.72 bits per heavy atom. The van der Waals surface area contributed by atoms with E-state index in [9.17, 15) is 5.11 Å². The highest BCUT2D eigenvalue weighted by Gasteiger charge is 2.08. The van der Waals surface area contributed by atoms with Crippen LogP contribution in [0.4, 0.5) is 0 Å². The molecule has 0 spiro atoms. The molecule has 96 valence electrons. The van der Waals surface area contributed by atoms with Gasteiger partial charge >= 0.3 is 0 Å². The first-order valence-corrected chi connectivity index (χ1v) is 6.53. The lowest BCUT2D eigenvalue weighted by atomic mass is 9.99. The standard InChI is InChI=1S/C16H20O2/c1-2-18-11-10-15(17)12-14-8-5-7-13-6-3-4-9-16(13)14/h3-9,15,17H,2,10-12H2,1H3. The number of ether oxygens (including phenoxy) is 1. The van der Waals surface area contributed by atoms with Crippen LogP contribution in [0.3, 0.4) is 0 Å². The molecule has 2 nitrogen and oxygen atoms in total. The molecule has 0 amide bonds. The summed E-state index contributed by atoms with van der Waals surface area (Å²) in [7, 11) is 0. The fourth-order valence-corrected chi connectivity index (χ4v) is 2.19. The van der Waals surface area contributed by atoms with Crippen molar-refractivity contribution in [3.63, 3.8) is 0 Å². The van der Waals surface area contributed by atoms with Gasteiger partial charge in [0.2, 0.25) is 0 Å². The van der Waals surface area contributed by atoms with Crippen LogP contribution >= 0.6 is 0 Å². The number of hydrogen-bond donors (Lipinski definition) is 1. The summed E-state index contributed by atoms with van der Waals surface area (Å²) in [5.74, 6) is 0. The topological polar surface area (TPSA) is 29.5 Å². The minimum atomic E-state index is -0.331. The summed E-state index contributed by atoms with van der Waals surface area (Å²) in [5.41, 5.74) is 1.21. The quantitative estimate of drug-likeness (QED) is 0.791. The van der Waals surface area contributed by atoms with Gasteiger partial charge in [0.05, 0.1) is 6.10 Å². The molecule has 18 heavy (non-hydrogen) atoms. The predicted molar refractivity (Wildman–Crippen MR) is 74.8 cm³/mol. The Labute approximate surface area is 108 Å². The van der Waals surface area contributed by atoms with Gasteiger partial charge in [-0.1, -0.05) is 42.5 Å². The zero-order valence-corrected chi connectivity index (χ0v) is 10.8. The van der Waals surface area contributed by atoms with E-state index >= 15 is 0 Å². The van der Waals surface area contributed by atoms with Gasteiger partial charge in [0.25, 0.3) is 0 Å². The summed E-state index contributed by atoms with van der Waals surface area (Å²) < 4.78 is 5.27. The Morgan fingerprint density at radius 2 is 1.89 bits per heavy atom. The minimum Gasteiger partial charge on any atom is -0.393 e. The lowest BCUT2D eigenvalue weighted by Crippen LogP contribution is -2.13. The Bertz CT molecular complexity index is 488. The van der Waals surface area contributed by atoms with Crippen molar-refractivity contribution in [1.82, 2.24) is 0 Å². The van der Waals surface area contributed by atoms with Crippen LogP contribution < -0.4 is 0 Å². The summed E-state index contributed by atoms with van der Waals surface area (Å²) in [4.78, 5) is 0. The number of fused-ring (bicyclic) bond motifs is 1. The van der Waals surface area contributed by atoms with Gasteiger partial charge in [-0.05, 0) is 36.1 Å². The van der Waals surface area contributed by atoms with Crippen molar-refractivity contribution >= 4 is 10.8 Å². The molecule has 2 aromatic carbocycles. The molecular formula is C16H20O2. The molecule has 0 aliphatic carbocycles. The molecule has 2 heteroatoms. The van der Waals surface area contributed by atoms with Gasteiger partial charge in [-0.25, -0.2) is 0 Å². The lowest BCUT2D eigenvalue weighted by Gasteiger charge is -2.12. The van der Waals surface area contributed by atoms with Gasteiger partial charge in [0.1, 0.15) is 0 Å². The SMILES string of the molecule is CCOCCC(O)Cc1cccc2ccccc12. The monoisotopic (exact) mass is 244 g/mol. The van der Waals surface area contributed by atoms with Crippen molar-refractivity contribution in [3.05, 3.63) is 48.0 Å². The van der Waals surface area contributed by atoms with Crippen molar-refractivity contribution in [1.29, 1.82) is 0 Å². The zero-order valence-electron chi connectivity index (χ0n) is 10.8. The summed E-state index contributed by atoms with van der Waals surface area (Å²) in [6.07, 6.45) is 1.05. The molecule has 0 aliphatic rings. The van der Waals surface area contributed by atoms with Crippen LogP contribution in [0.5, 0.6) is 0 Å². The highest BCUT2D eigenvalue weighted by Crippen LogP contribution is 2.20. The predicted octanol–water partition coefficient (Wildman–Crippen LogP) is 3.17. The average Bonchev–Trinajstić information content (AvgIpc) is 2.39. The highest BCUT2D eigenvalue weighted by atomic mass is 16.5. The first-order chi connectivity index (χ1) is 8.81. The van der Waals surface area contributed by atoms with Gasteiger partial charge in [0.15, 0.2) is 0 Å². The molecule has 0 saturated heterocycles. The maximum atomic E-state index is 10.0. The molecule has 1 unspecified atom stereocenters. The Hall–Kier alpha value is -1.38. The molecule has 0 radical (unpaired) electrons. The summed E-state index contributed by atoms with van der Waals surface area (Å²) in [5, 5.41) is 12.5. The molecule has 0 saturated carbocycles. The average molecular weight is 244 g/mol. The molecule has 2 rings (SSSR count). The van der Waals surface area contributed by atoms with Crippen LogP contribution in [0.25, 0.3) is 10.8 Å². The van der Waals surface area contributed by atoms with E-state index in [1.54, 1.807) is 0 Å². The van der Waals surface area contributed by atoms with E-state index in [1.165, 1.54) is 16.3 Å². The third-order valence-electron chi connectivity index (χ3n) is 3.14. The second kappa shape index (κ2) is 6.53. The van der Waals surface area contributed by atoms with Crippen LogP contribution in [-0.2, 0) is 11.2 Å². The highest BCUT2D eigenvalue weighted by molar-refractivity contribution is 5.85. The number of hydrogen-bond acceptors (Lipinski definition) is 2. The molecule has 0 aromatic heterocycles. The molecule has 1 atom stereocenters. The van der Waals surface area contributed by atoms with E-state index < -0.39 is 0 Å². The van der Waals surface area contributed by atoms with Crippen molar-refractivity contribution < 1.29 is 9.84 Å². The maximum Gasteiger partial charge on any atom is 0.0602 e. The van der Waals surface area contributed by atoms with Gasteiger partial charge in [-0.2, -0.15) is 0 Å². The Kier molecular flexibility index (Phi) is 4.73. The van der Waals surface area contributed by atoms with Crippen molar-refractivity contribution in [2.24, 2.45) is 0 Å². The Balaban J connectivity index is 2.07. The van der Waals surface area contributed by atoms with E-state index in [0.29, 0.717) is 26.1 Å². The summed E-state index contributed by atoms with van der Waals surface area (Å²) >= 11 is 0. The van der Waals surface area contributed by atoms with Crippen LogP contribution in [0.2, 0.25) is 0 Å². The summed E-state index contributed by atoms with van der Waals surface area (Å²) in [6.45, 7) is 3.31. The smallest absolute Gasteiger partial charge is 0.0602 e. The Morgan fingerprint density at radius 1 is 1.11 bits per heavy atom. The molecule has 0 heterocycles. The summed E-state index contributed by atoms with van der Waals surface area (Å²) in [6, 6.07) is 14.5. The number of rotatable bonds is 6. The second-order valence-corrected chi connectivity index (χ2v) is 4.48. The molecule has 0 bridgehead atoms. The number of aliphatic hydroxyl groups is 1. The van der Waals surface area contributed by atoms with E-state index in [1.807, 2.05) is 25.1 Å². The molecule has 0 fully saturated rings. The largest absolute Gasteiger partial charge is 0.393 e. The third-order valence-corrected chi connectivity index (χ3v) is 3.14. The molecule has 2 aromatic rings. The second-order valence-electron chi connectivity index (χ2n) is 4.48. The van der Waals surface area contributed by atoms with E-state index in [4.69, 9.17) is 4.74 Å². The molecule has 1 N–H and O–H groups in total. The van der Waals surface area contributed by atoms with Crippen LogP contribution in [0.15, 0.2) is 42.5 Å². The van der Waals surface area contributed by atoms with Gasteiger partial charge in [-0.3, -0.25) is 0 Å². The van der Waals surface area contributed by atoms with Crippen molar-refractivity contribution in [3.8, 4) is 0 Å². The zero-order chi connectivity index (χ0) is 12.8. The fraction of sp³-hybridized carbons (Fsp3) is 0.375. The van der Waals surface area contributed by atoms with Gasteiger partial charge in [-0.15, -0.1) is 0 Å². The lowest BCUT2D eigenvalue weighted by molar-refractivity contribution is 0.0889. The van der Waals surface area contributed by atoms with Crippen LogP contribution in [0, 0.1) is 0 Å². The minimum absolute atomic E-state index is 0.331. The molecular weight excluding hydrogens is 224 g/mol. The fourth-order valence-electron chi connectivity index (χ4n) is 2.19. The van der Waals surface area contributed by atoms with E-state index in [-0.39, 0.29) is 6.10 Å². The van der Waals surface area contributed by atoms with Crippen molar-refractivity contribution in [2.45, 2.75) is 25.9 Å². The maximum absolute atomic E-state index is 10.0. The van der Waals surface area contributed by atoms with Crippen molar-refractivity contribution in [2.75, 3.05) is 13.2 Å². The van der Waals surface area contributed by atoms with E-state index in [2.05, 4.69) is 24.3 Å². The van der Waals surface area contributed by atoms with Gasteiger partial charge < -0.3 is 9.84 Å². The van der Waals surface area contributed by atoms with Gasteiger partial charge in [0, 0.05) is 13.2 Å². The van der Waals surface area contributed by atoms with Crippen LogP contribution in [0.1, 0.15) is 18.9 Å². The first-order valence-electron chi connectivity index (χ1n) is 6.53. The number of aliphatic hydroxyl groups excluding tert-OH is 1. The first kappa shape index (κ1) is 13.1. The van der Waals surface area contributed by atoms with Crippen LogP contribution in [-0.4, -0.2) is 24.4 Å². The van der Waals surface area contributed by atoms with E-state index in [0.717, 1.165) is 0 Å². The number of benzene rings is 2.